The molecule has 2 nitrogen and oxygen atoms in total. The van der Waals surface area contributed by atoms with Crippen LogP contribution in [0.1, 0.15) is 64.0 Å². The molecule has 1 aliphatic carbocycles. The summed E-state index contributed by atoms with van der Waals surface area (Å²) in [5.41, 5.74) is 9.64. The molecule has 0 unspecified atom stereocenters. The lowest BCUT2D eigenvalue weighted by molar-refractivity contribution is 0.131. The molecule has 0 atom stereocenters. The predicted molar refractivity (Wildman–Crippen MR) is 87.5 cm³/mol. The normalized spacial score (nSPS) is 29.6. The number of benzene rings is 1. The van der Waals surface area contributed by atoms with Crippen LogP contribution in [-0.4, -0.2) is 6.61 Å². The van der Waals surface area contributed by atoms with E-state index in [1.165, 1.54) is 24.0 Å². The molecule has 2 aliphatic rings. The van der Waals surface area contributed by atoms with Crippen LogP contribution in [0.5, 0.6) is 5.75 Å². The molecule has 0 spiro atoms. The highest BCUT2D eigenvalue weighted by molar-refractivity contribution is 5.46. The van der Waals surface area contributed by atoms with Gasteiger partial charge >= 0.3 is 0 Å². The van der Waals surface area contributed by atoms with Crippen LogP contribution in [0, 0.1) is 11.3 Å². The standard InChI is InChI=1S/C19H29NO/c1-18(2,3)15-9-11-19(20,12-10-15)16-8-4-6-14-7-5-13-21-17(14)16/h4,6,8,15H,5,7,9-13,20H2,1-3H3. The first-order valence-electron chi connectivity index (χ1n) is 8.44. The number of fused-ring (bicyclic) bond motifs is 1. The molecule has 1 aromatic carbocycles. The van der Waals surface area contributed by atoms with Crippen LogP contribution in [0.2, 0.25) is 0 Å². The number of aryl methyl sites for hydroxylation is 1. The van der Waals surface area contributed by atoms with E-state index in [9.17, 15) is 0 Å². The molecular weight excluding hydrogens is 258 g/mol. The van der Waals surface area contributed by atoms with E-state index >= 15 is 0 Å². The summed E-state index contributed by atoms with van der Waals surface area (Å²) in [5.74, 6) is 1.88. The Kier molecular flexibility index (Phi) is 3.77. The van der Waals surface area contributed by atoms with Crippen LogP contribution in [0.3, 0.4) is 0 Å². The lowest BCUT2D eigenvalue weighted by atomic mass is 9.65. The third kappa shape index (κ3) is 2.83. The van der Waals surface area contributed by atoms with Gasteiger partial charge in [0.05, 0.1) is 6.61 Å². The third-order valence-corrected chi connectivity index (χ3v) is 5.57. The minimum Gasteiger partial charge on any atom is -0.493 e. The van der Waals surface area contributed by atoms with E-state index < -0.39 is 0 Å². The second kappa shape index (κ2) is 5.31. The molecule has 0 bridgehead atoms. The van der Waals surface area contributed by atoms with Gasteiger partial charge < -0.3 is 10.5 Å². The minimum absolute atomic E-state index is 0.190. The maximum atomic E-state index is 6.83. The summed E-state index contributed by atoms with van der Waals surface area (Å²) in [6.45, 7) is 7.91. The Morgan fingerprint density at radius 3 is 2.57 bits per heavy atom. The Labute approximate surface area is 129 Å². The van der Waals surface area contributed by atoms with Gasteiger partial charge in [-0.15, -0.1) is 0 Å². The van der Waals surface area contributed by atoms with Crippen LogP contribution >= 0.6 is 0 Å². The summed E-state index contributed by atoms with van der Waals surface area (Å²) in [6, 6.07) is 6.55. The zero-order valence-corrected chi connectivity index (χ0v) is 13.7. The summed E-state index contributed by atoms with van der Waals surface area (Å²) in [5, 5.41) is 0. The summed E-state index contributed by atoms with van der Waals surface area (Å²) in [7, 11) is 0. The molecular formula is C19H29NO. The average molecular weight is 287 g/mol. The molecule has 0 amide bonds. The maximum absolute atomic E-state index is 6.83. The molecule has 0 saturated heterocycles. The van der Waals surface area contributed by atoms with Gasteiger partial charge in [0.2, 0.25) is 0 Å². The van der Waals surface area contributed by atoms with Crippen LogP contribution in [0.25, 0.3) is 0 Å². The highest BCUT2D eigenvalue weighted by atomic mass is 16.5. The van der Waals surface area contributed by atoms with E-state index in [0.717, 1.165) is 44.0 Å². The van der Waals surface area contributed by atoms with E-state index in [2.05, 4.69) is 39.0 Å². The number of hydrogen-bond donors (Lipinski definition) is 1. The summed E-state index contributed by atoms with van der Waals surface area (Å²) < 4.78 is 5.99. The molecule has 21 heavy (non-hydrogen) atoms. The van der Waals surface area contributed by atoms with Crippen molar-refractivity contribution >= 4 is 0 Å². The highest BCUT2D eigenvalue weighted by Crippen LogP contribution is 2.47. The number of para-hydroxylation sites is 1. The molecule has 1 saturated carbocycles. The Bertz CT molecular complexity index is 507. The first-order chi connectivity index (χ1) is 9.90. The molecule has 1 heterocycles. The van der Waals surface area contributed by atoms with Crippen LogP contribution in [-0.2, 0) is 12.0 Å². The Hall–Kier alpha value is -1.02. The molecule has 1 fully saturated rings. The van der Waals surface area contributed by atoms with Gasteiger partial charge in [-0.1, -0.05) is 39.0 Å². The molecule has 1 aromatic rings. The third-order valence-electron chi connectivity index (χ3n) is 5.57. The van der Waals surface area contributed by atoms with Crippen LogP contribution < -0.4 is 10.5 Å². The fourth-order valence-electron chi connectivity index (χ4n) is 4.05. The van der Waals surface area contributed by atoms with Crippen molar-refractivity contribution in [2.45, 2.75) is 64.8 Å². The van der Waals surface area contributed by atoms with Crippen LogP contribution in [0.15, 0.2) is 18.2 Å². The van der Waals surface area contributed by atoms with Crippen molar-refractivity contribution in [2.24, 2.45) is 17.1 Å². The van der Waals surface area contributed by atoms with E-state index in [1.807, 2.05) is 0 Å². The Morgan fingerprint density at radius 2 is 1.90 bits per heavy atom. The van der Waals surface area contributed by atoms with E-state index in [4.69, 9.17) is 10.5 Å². The van der Waals surface area contributed by atoms with Crippen molar-refractivity contribution in [2.75, 3.05) is 6.61 Å². The van der Waals surface area contributed by atoms with Crippen molar-refractivity contribution in [3.8, 4) is 5.75 Å². The number of rotatable bonds is 1. The largest absolute Gasteiger partial charge is 0.493 e. The Morgan fingerprint density at radius 1 is 1.19 bits per heavy atom. The van der Waals surface area contributed by atoms with Gasteiger partial charge in [-0.05, 0) is 55.4 Å². The van der Waals surface area contributed by atoms with Crippen molar-refractivity contribution in [3.63, 3.8) is 0 Å². The monoisotopic (exact) mass is 287 g/mol. The van der Waals surface area contributed by atoms with E-state index in [0.29, 0.717) is 5.41 Å². The lowest BCUT2D eigenvalue weighted by Crippen LogP contribution is -2.43. The molecule has 3 rings (SSSR count). The molecule has 116 valence electrons. The molecule has 2 heteroatoms. The van der Waals surface area contributed by atoms with Crippen molar-refractivity contribution < 1.29 is 4.74 Å². The minimum atomic E-state index is -0.190. The molecule has 2 N–H and O–H groups in total. The first-order valence-corrected chi connectivity index (χ1v) is 8.44. The van der Waals surface area contributed by atoms with Gasteiger partial charge in [0, 0.05) is 11.1 Å². The topological polar surface area (TPSA) is 35.2 Å². The number of nitrogens with two attached hydrogens (primary N) is 1. The Balaban J connectivity index is 1.85. The maximum Gasteiger partial charge on any atom is 0.127 e. The second-order valence-corrected chi connectivity index (χ2v) is 8.04. The van der Waals surface area contributed by atoms with Crippen molar-refractivity contribution in [3.05, 3.63) is 29.3 Å². The zero-order chi connectivity index (χ0) is 15.1. The first kappa shape index (κ1) is 14.9. The van der Waals surface area contributed by atoms with Gasteiger partial charge in [-0.25, -0.2) is 0 Å². The quantitative estimate of drug-likeness (QED) is 0.830. The summed E-state index contributed by atoms with van der Waals surface area (Å²) >= 11 is 0. The highest BCUT2D eigenvalue weighted by Gasteiger charge is 2.39. The second-order valence-electron chi connectivity index (χ2n) is 8.04. The SMILES string of the molecule is CC(C)(C)C1CCC(N)(c2cccc3c2OCCC3)CC1. The van der Waals surface area contributed by atoms with E-state index in [-0.39, 0.29) is 5.54 Å². The van der Waals surface area contributed by atoms with Gasteiger partial charge in [0.15, 0.2) is 0 Å². The fourth-order valence-corrected chi connectivity index (χ4v) is 4.05. The van der Waals surface area contributed by atoms with E-state index in [1.54, 1.807) is 0 Å². The van der Waals surface area contributed by atoms with Gasteiger partial charge in [0.25, 0.3) is 0 Å². The predicted octanol–water partition coefficient (Wildman–Crippen LogP) is 4.40. The molecule has 1 aliphatic heterocycles. The van der Waals surface area contributed by atoms with Crippen molar-refractivity contribution in [1.29, 1.82) is 0 Å². The van der Waals surface area contributed by atoms with Gasteiger partial charge in [-0.2, -0.15) is 0 Å². The number of ether oxygens (including phenoxy) is 1. The summed E-state index contributed by atoms with van der Waals surface area (Å²) in [4.78, 5) is 0. The zero-order valence-electron chi connectivity index (χ0n) is 13.7. The number of hydrogen-bond acceptors (Lipinski definition) is 2. The smallest absolute Gasteiger partial charge is 0.127 e. The van der Waals surface area contributed by atoms with Crippen LogP contribution in [0.4, 0.5) is 0 Å². The average Bonchev–Trinajstić information content (AvgIpc) is 2.46. The van der Waals surface area contributed by atoms with Crippen molar-refractivity contribution in [1.82, 2.24) is 0 Å². The summed E-state index contributed by atoms with van der Waals surface area (Å²) in [6.07, 6.45) is 6.86. The van der Waals surface area contributed by atoms with Gasteiger partial charge in [0.1, 0.15) is 5.75 Å². The fraction of sp³-hybridized carbons (Fsp3) is 0.684. The molecule has 0 aromatic heterocycles. The lowest BCUT2D eigenvalue weighted by Gasteiger charge is -2.43. The van der Waals surface area contributed by atoms with Gasteiger partial charge in [-0.3, -0.25) is 0 Å². The molecule has 0 radical (unpaired) electrons.